The first-order chi connectivity index (χ1) is 18.9. The fraction of sp³-hybridized carbons (Fsp3) is 0.241. The Hall–Kier alpha value is -3.99. The third-order valence-electron chi connectivity index (χ3n) is 7.18. The normalized spacial score (nSPS) is 17.5. The van der Waals surface area contributed by atoms with Gasteiger partial charge in [-0.1, -0.05) is 72.5 Å². The predicted octanol–water partition coefficient (Wildman–Crippen LogP) is 6.06. The van der Waals surface area contributed by atoms with Crippen LogP contribution < -0.4 is 21.0 Å². The summed E-state index contributed by atoms with van der Waals surface area (Å²) in [5, 5.41) is 14.7. The second-order valence-electron chi connectivity index (χ2n) is 9.86. The Bertz CT molecular complexity index is 1610. The molecule has 2 heterocycles. The van der Waals surface area contributed by atoms with Crippen LogP contribution in [0.3, 0.4) is 0 Å². The molecule has 0 amide bonds. The van der Waals surface area contributed by atoms with Crippen LogP contribution in [0.1, 0.15) is 43.2 Å². The lowest BCUT2D eigenvalue weighted by molar-refractivity contribution is 0.305. The first kappa shape index (κ1) is 25.3. The monoisotopic (exact) mass is 546 g/mol. The zero-order chi connectivity index (χ0) is 27.0. The predicted molar refractivity (Wildman–Crippen MR) is 155 cm³/mol. The van der Waals surface area contributed by atoms with Crippen molar-refractivity contribution in [3.05, 3.63) is 94.3 Å². The van der Waals surface area contributed by atoms with Crippen molar-refractivity contribution in [3.8, 4) is 11.5 Å². The van der Waals surface area contributed by atoms with E-state index in [9.17, 15) is 19.0 Å². The maximum Gasteiger partial charge on any atom is 0.284 e. The summed E-state index contributed by atoms with van der Waals surface area (Å²) in [6.45, 7) is 0.319. The van der Waals surface area contributed by atoms with Crippen LogP contribution in [0.15, 0.2) is 86.9 Å². The topological polar surface area (TPSA) is 128 Å². The molecule has 0 atom stereocenters. The summed E-state index contributed by atoms with van der Waals surface area (Å²) in [6.07, 6.45) is 5.22. The number of nitrogens with zero attached hydrogens (tertiary/aromatic N) is 2. The fourth-order valence-electron chi connectivity index (χ4n) is 5.18. The molecule has 0 spiro atoms. The molecule has 202 valence electrons. The third-order valence-corrected chi connectivity index (χ3v) is 8.54. The molecule has 2 aliphatic rings. The first-order valence-electron chi connectivity index (χ1n) is 13.0. The number of rotatable bonds is 6. The van der Waals surface area contributed by atoms with Gasteiger partial charge in [0, 0.05) is 17.5 Å². The average Bonchev–Trinajstić information content (AvgIpc) is 2.95. The Labute approximate surface area is 227 Å². The number of hydrogen-bond acceptors (Lipinski definition) is 8. The SMILES string of the molecule is O=c1c(C2=NS(O)(O)c3cc(OCc4ccccc4)ccc3N2)c(O)c2ccccc2n1NC1CCCCC1. The molecule has 5 N–H and O–H groups in total. The molecule has 39 heavy (non-hydrogen) atoms. The van der Waals surface area contributed by atoms with Gasteiger partial charge in [0.15, 0.2) is 5.84 Å². The molecule has 3 aromatic carbocycles. The third kappa shape index (κ3) is 4.94. The van der Waals surface area contributed by atoms with E-state index in [1.807, 2.05) is 30.3 Å². The van der Waals surface area contributed by atoms with E-state index in [-0.39, 0.29) is 28.1 Å². The number of amidine groups is 1. The summed E-state index contributed by atoms with van der Waals surface area (Å²) in [5.74, 6) is 0.0727. The van der Waals surface area contributed by atoms with Crippen LogP contribution in [0.2, 0.25) is 0 Å². The highest BCUT2D eigenvalue weighted by atomic mass is 32.3. The van der Waals surface area contributed by atoms with Gasteiger partial charge in [-0.2, -0.15) is 0 Å². The minimum atomic E-state index is -3.71. The lowest BCUT2D eigenvalue weighted by Gasteiger charge is -2.34. The number of aromatic hydroxyl groups is 1. The first-order valence-corrected chi connectivity index (χ1v) is 14.5. The van der Waals surface area contributed by atoms with Crippen molar-refractivity contribution in [3.63, 3.8) is 0 Å². The highest BCUT2D eigenvalue weighted by Crippen LogP contribution is 2.56. The van der Waals surface area contributed by atoms with Crippen molar-refractivity contribution in [2.45, 2.75) is 49.6 Å². The van der Waals surface area contributed by atoms with Crippen molar-refractivity contribution < 1.29 is 18.9 Å². The summed E-state index contributed by atoms with van der Waals surface area (Å²) >= 11 is 0. The minimum absolute atomic E-state index is 0.104. The molecular formula is C29H30N4O5S. The summed E-state index contributed by atoms with van der Waals surface area (Å²) in [4.78, 5) is 14.0. The van der Waals surface area contributed by atoms with Gasteiger partial charge in [-0.25, -0.2) is 4.68 Å². The Morgan fingerprint density at radius 1 is 1.00 bits per heavy atom. The molecular weight excluding hydrogens is 516 g/mol. The number of benzene rings is 3. The van der Waals surface area contributed by atoms with Gasteiger partial charge in [0.2, 0.25) is 0 Å². The zero-order valence-electron chi connectivity index (χ0n) is 21.2. The number of pyridine rings is 1. The van der Waals surface area contributed by atoms with Crippen molar-refractivity contribution in [2.75, 3.05) is 10.7 Å². The van der Waals surface area contributed by atoms with E-state index in [0.717, 1.165) is 31.2 Å². The summed E-state index contributed by atoms with van der Waals surface area (Å²) < 4.78 is 33.5. The Balaban J connectivity index is 1.37. The van der Waals surface area contributed by atoms with Crippen molar-refractivity contribution in [2.24, 2.45) is 4.40 Å². The standard InChI is InChI=1S/C29H30N4O5S/c34-27-22-13-7-8-14-24(22)33(31-20-11-5-2-6-12-20)29(35)26(27)28-30-23-16-15-21(17-25(23)39(36,37)32-28)38-18-19-9-3-1-4-10-19/h1,3-4,7-10,13-17,20,31,34,36-37H,2,5-6,11-12,18H2,(H,30,32). The van der Waals surface area contributed by atoms with Crippen LogP contribution in [-0.2, 0) is 6.61 Å². The van der Waals surface area contributed by atoms with E-state index in [0.29, 0.717) is 28.9 Å². The van der Waals surface area contributed by atoms with E-state index in [4.69, 9.17) is 4.74 Å². The number of fused-ring (bicyclic) bond motifs is 2. The van der Waals surface area contributed by atoms with Gasteiger partial charge in [-0.05, 0) is 42.7 Å². The van der Waals surface area contributed by atoms with Crippen molar-refractivity contribution in [1.82, 2.24) is 4.68 Å². The van der Waals surface area contributed by atoms with Crippen LogP contribution in [0.25, 0.3) is 10.9 Å². The van der Waals surface area contributed by atoms with E-state index >= 15 is 0 Å². The van der Waals surface area contributed by atoms with Crippen LogP contribution in [0.5, 0.6) is 11.5 Å². The number of anilines is 1. The molecule has 10 heteroatoms. The van der Waals surface area contributed by atoms with Crippen LogP contribution in [-0.4, -0.2) is 30.8 Å². The number of ether oxygens (including phenoxy) is 1. The van der Waals surface area contributed by atoms with Crippen LogP contribution in [0.4, 0.5) is 5.69 Å². The van der Waals surface area contributed by atoms with Gasteiger partial charge in [-0.15, -0.1) is 4.40 Å². The van der Waals surface area contributed by atoms with Crippen molar-refractivity contribution in [1.29, 1.82) is 0 Å². The second kappa shape index (κ2) is 10.3. The number of hydrogen-bond donors (Lipinski definition) is 5. The molecule has 0 radical (unpaired) electrons. The van der Waals surface area contributed by atoms with Crippen molar-refractivity contribution >= 4 is 33.2 Å². The van der Waals surface area contributed by atoms with E-state index < -0.39 is 16.3 Å². The summed E-state index contributed by atoms with van der Waals surface area (Å²) in [5.41, 5.74) is 4.58. The molecule has 1 fully saturated rings. The van der Waals surface area contributed by atoms with E-state index in [2.05, 4.69) is 15.1 Å². The largest absolute Gasteiger partial charge is 0.506 e. The lowest BCUT2D eigenvalue weighted by Crippen LogP contribution is -2.40. The lowest BCUT2D eigenvalue weighted by atomic mass is 9.96. The number of aromatic nitrogens is 1. The maximum atomic E-state index is 13.8. The van der Waals surface area contributed by atoms with Gasteiger partial charge in [0.25, 0.3) is 5.56 Å². The molecule has 0 bridgehead atoms. The van der Waals surface area contributed by atoms with E-state index in [1.54, 1.807) is 36.4 Å². The smallest absolute Gasteiger partial charge is 0.284 e. The Kier molecular flexibility index (Phi) is 6.68. The summed E-state index contributed by atoms with van der Waals surface area (Å²) in [6, 6.07) is 21.7. The van der Waals surface area contributed by atoms with Gasteiger partial charge in [0.05, 0.1) is 11.2 Å². The molecule has 0 unspecified atom stereocenters. The highest BCUT2D eigenvalue weighted by molar-refractivity contribution is 8.23. The average molecular weight is 547 g/mol. The molecule has 1 aromatic heterocycles. The second-order valence-corrected chi connectivity index (χ2v) is 11.5. The number of para-hydroxylation sites is 1. The van der Waals surface area contributed by atoms with Gasteiger partial charge in [0.1, 0.15) is 28.6 Å². The van der Waals surface area contributed by atoms with Gasteiger partial charge >= 0.3 is 0 Å². The van der Waals surface area contributed by atoms with E-state index in [1.165, 1.54) is 17.2 Å². The molecule has 9 nitrogen and oxygen atoms in total. The van der Waals surface area contributed by atoms with Gasteiger partial charge < -0.3 is 20.6 Å². The summed E-state index contributed by atoms with van der Waals surface area (Å²) in [7, 11) is -3.71. The maximum absolute atomic E-state index is 13.8. The molecule has 0 saturated heterocycles. The van der Waals surface area contributed by atoms with Crippen LogP contribution >= 0.6 is 10.8 Å². The highest BCUT2D eigenvalue weighted by Gasteiger charge is 2.31. The number of nitrogens with one attached hydrogen (secondary N) is 2. The molecule has 1 aliphatic carbocycles. The zero-order valence-corrected chi connectivity index (χ0v) is 22.0. The van der Waals surface area contributed by atoms with Crippen LogP contribution in [0, 0.1) is 0 Å². The Morgan fingerprint density at radius 2 is 1.74 bits per heavy atom. The Morgan fingerprint density at radius 3 is 2.54 bits per heavy atom. The molecule has 4 aromatic rings. The molecule has 6 rings (SSSR count). The molecule has 1 aliphatic heterocycles. The minimum Gasteiger partial charge on any atom is -0.506 e. The fourth-order valence-corrected chi connectivity index (χ4v) is 6.36. The van der Waals surface area contributed by atoms with Gasteiger partial charge in [-0.3, -0.25) is 13.9 Å². The quantitative estimate of drug-likeness (QED) is 0.199. The molecule has 1 saturated carbocycles.